The van der Waals surface area contributed by atoms with E-state index in [2.05, 4.69) is 0 Å². The highest BCUT2D eigenvalue weighted by molar-refractivity contribution is 7.81. The van der Waals surface area contributed by atoms with Crippen LogP contribution in [0, 0.1) is 5.41 Å². The number of ether oxygens (including phenoxy) is 1. The topological polar surface area (TPSA) is 146 Å². The van der Waals surface area contributed by atoms with Crippen molar-refractivity contribution in [1.82, 2.24) is 9.96 Å². The van der Waals surface area contributed by atoms with Crippen LogP contribution >= 0.6 is 0 Å². The minimum absolute atomic E-state index is 0.0706. The summed E-state index contributed by atoms with van der Waals surface area (Å²) in [5.41, 5.74) is 5.06. The maximum atomic E-state index is 12.5. The van der Waals surface area contributed by atoms with Crippen LogP contribution in [-0.2, 0) is 28.4 Å². The Hall–Kier alpha value is -2.70. The van der Waals surface area contributed by atoms with Gasteiger partial charge in [-0.1, -0.05) is 32.0 Å². The molecule has 11 nitrogen and oxygen atoms in total. The van der Waals surface area contributed by atoms with Gasteiger partial charge in [-0.15, -0.1) is 4.28 Å². The fraction of sp³-hybridized carbons (Fsp3) is 0.550. The largest absolute Gasteiger partial charge is 0.462 e. The Kier molecular flexibility index (Phi) is 7.06. The van der Waals surface area contributed by atoms with Gasteiger partial charge in [0.25, 0.3) is 0 Å². The molecular formula is C20H27N3O8S. The van der Waals surface area contributed by atoms with Gasteiger partial charge < -0.3 is 15.4 Å². The van der Waals surface area contributed by atoms with E-state index in [9.17, 15) is 22.8 Å². The number of rotatable bonds is 10. The average Bonchev–Trinajstić information content (AvgIpc) is 2.97. The third-order valence-corrected chi connectivity index (χ3v) is 6.19. The van der Waals surface area contributed by atoms with Gasteiger partial charge in [-0.2, -0.15) is 13.5 Å². The number of nitrogens with two attached hydrogens (primary N) is 1. The van der Waals surface area contributed by atoms with Crippen LogP contribution in [0.3, 0.4) is 0 Å². The first-order valence-electron chi connectivity index (χ1n) is 10.2. The molecule has 1 aromatic carbocycles. The highest BCUT2D eigenvalue weighted by atomic mass is 32.3. The van der Waals surface area contributed by atoms with Gasteiger partial charge in [0, 0.05) is 6.54 Å². The zero-order valence-corrected chi connectivity index (χ0v) is 18.7. The molecule has 2 atom stereocenters. The van der Waals surface area contributed by atoms with Gasteiger partial charge in [-0.3, -0.25) is 4.79 Å². The summed E-state index contributed by atoms with van der Waals surface area (Å²) in [4.78, 5) is 37.1. The summed E-state index contributed by atoms with van der Waals surface area (Å²) < 4.78 is 39.7. The Morgan fingerprint density at radius 2 is 1.88 bits per heavy atom. The van der Waals surface area contributed by atoms with E-state index in [1.165, 1.54) is 4.90 Å². The fourth-order valence-corrected chi connectivity index (χ4v) is 4.42. The Morgan fingerprint density at radius 3 is 2.53 bits per heavy atom. The number of esters is 1. The molecule has 2 aliphatic rings. The molecule has 0 spiro atoms. The van der Waals surface area contributed by atoms with Crippen LogP contribution in [-0.4, -0.2) is 68.1 Å². The van der Waals surface area contributed by atoms with Gasteiger partial charge in [-0.05, 0) is 36.8 Å². The van der Waals surface area contributed by atoms with Crippen molar-refractivity contribution in [3.05, 3.63) is 35.9 Å². The van der Waals surface area contributed by atoms with E-state index in [0.29, 0.717) is 24.8 Å². The molecule has 2 N–H and O–H groups in total. The van der Waals surface area contributed by atoms with Crippen LogP contribution in [0.4, 0.5) is 4.79 Å². The molecule has 176 valence electrons. The Morgan fingerprint density at radius 1 is 1.19 bits per heavy atom. The van der Waals surface area contributed by atoms with Gasteiger partial charge in [0.1, 0.15) is 6.04 Å². The predicted octanol–water partition coefficient (Wildman–Crippen LogP) is 1.21. The molecule has 32 heavy (non-hydrogen) atoms. The number of carbonyl (C=O) groups excluding carboxylic acids is 3. The van der Waals surface area contributed by atoms with Crippen molar-refractivity contribution in [2.24, 2.45) is 11.1 Å². The van der Waals surface area contributed by atoms with E-state index in [0.717, 1.165) is 5.06 Å². The van der Waals surface area contributed by atoms with Crippen LogP contribution in [0.15, 0.2) is 30.3 Å². The van der Waals surface area contributed by atoms with Crippen molar-refractivity contribution in [2.75, 3.05) is 19.8 Å². The van der Waals surface area contributed by atoms with Gasteiger partial charge in [0.2, 0.25) is 5.91 Å². The smallest absolute Gasteiger partial charge is 0.421 e. The van der Waals surface area contributed by atoms with E-state index in [1.807, 2.05) is 0 Å². The molecular weight excluding hydrogens is 442 g/mol. The molecule has 2 heterocycles. The summed E-state index contributed by atoms with van der Waals surface area (Å²) in [7, 11) is -4.54. The number of nitrogens with zero attached hydrogens (tertiary/aromatic N) is 2. The molecule has 0 unspecified atom stereocenters. The lowest BCUT2D eigenvalue weighted by Crippen LogP contribution is -2.47. The second-order valence-corrected chi connectivity index (χ2v) is 9.77. The summed E-state index contributed by atoms with van der Waals surface area (Å²) in [6, 6.07) is 6.47. The lowest BCUT2D eigenvalue weighted by Gasteiger charge is -2.27. The van der Waals surface area contributed by atoms with Crippen molar-refractivity contribution in [3.8, 4) is 0 Å². The number of hydrogen-bond acceptors (Lipinski definition) is 8. The molecule has 2 aliphatic heterocycles. The number of amides is 3. The molecule has 3 rings (SSSR count). The van der Waals surface area contributed by atoms with Crippen molar-refractivity contribution in [1.29, 1.82) is 0 Å². The number of hydroxylamine groups is 2. The first kappa shape index (κ1) is 24.0. The van der Waals surface area contributed by atoms with Crippen LogP contribution in [0.5, 0.6) is 0 Å². The normalized spacial score (nSPS) is 21.0. The summed E-state index contributed by atoms with van der Waals surface area (Å²) in [6.07, 6.45) is 1.05. The highest BCUT2D eigenvalue weighted by Crippen LogP contribution is 2.31. The van der Waals surface area contributed by atoms with Gasteiger partial charge in [-0.25, -0.2) is 13.8 Å². The third kappa shape index (κ3) is 5.75. The van der Waals surface area contributed by atoms with Gasteiger partial charge in [0.15, 0.2) is 0 Å². The monoisotopic (exact) mass is 469 g/mol. The standard InChI is InChI=1S/C20H27N3O8S/c1-20(2,10-11-29-18(25)14-6-4-3-5-7-14)13-30-32(27,28)31-23-15-8-9-16(17(21)24)22(12-15)19(23)26/h3-7,15-16H,8-13H2,1-2H3,(H2,21,24)/t15-,16+/m1/s1. The van der Waals surface area contributed by atoms with Crippen LogP contribution in [0.1, 0.15) is 43.5 Å². The number of primary amides is 1. The predicted molar refractivity (Wildman–Crippen MR) is 111 cm³/mol. The minimum atomic E-state index is -4.54. The molecule has 1 aromatic rings. The van der Waals surface area contributed by atoms with Gasteiger partial charge >= 0.3 is 22.4 Å². The molecule has 2 fully saturated rings. The number of hydrogen-bond donors (Lipinski definition) is 1. The summed E-state index contributed by atoms with van der Waals surface area (Å²) in [5.74, 6) is -1.12. The number of benzene rings is 1. The number of piperidine rings is 1. The number of carbonyl (C=O) groups is 3. The van der Waals surface area contributed by atoms with E-state index >= 15 is 0 Å². The lowest BCUT2D eigenvalue weighted by atomic mass is 9.91. The second kappa shape index (κ2) is 9.43. The highest BCUT2D eigenvalue weighted by Gasteiger charge is 2.49. The Balaban J connectivity index is 1.48. The van der Waals surface area contributed by atoms with Gasteiger partial charge in [0.05, 0.1) is 24.8 Å². The first-order chi connectivity index (χ1) is 15.0. The summed E-state index contributed by atoms with van der Waals surface area (Å²) in [6.45, 7) is 3.46. The Bertz CT molecular complexity index is 966. The fourth-order valence-electron chi connectivity index (χ4n) is 3.53. The zero-order valence-electron chi connectivity index (χ0n) is 17.9. The SMILES string of the molecule is CC(C)(CCOC(=O)c1ccccc1)COS(=O)(=O)ON1C(=O)N2C[C@H]1CC[C@H]2C(N)=O. The van der Waals surface area contributed by atoms with E-state index in [1.54, 1.807) is 44.2 Å². The van der Waals surface area contributed by atoms with Crippen LogP contribution in [0.25, 0.3) is 0 Å². The minimum Gasteiger partial charge on any atom is -0.462 e. The van der Waals surface area contributed by atoms with Crippen LogP contribution in [0.2, 0.25) is 0 Å². The summed E-state index contributed by atoms with van der Waals surface area (Å²) in [5, 5.41) is 0.729. The molecule has 0 saturated carbocycles. The average molecular weight is 470 g/mol. The molecule has 12 heteroatoms. The molecule has 3 amide bonds. The number of urea groups is 1. The summed E-state index contributed by atoms with van der Waals surface area (Å²) >= 11 is 0. The number of fused-ring (bicyclic) bond motifs is 2. The van der Waals surface area contributed by atoms with Crippen LogP contribution < -0.4 is 5.73 Å². The molecule has 2 saturated heterocycles. The van der Waals surface area contributed by atoms with Crippen molar-refractivity contribution in [3.63, 3.8) is 0 Å². The van der Waals surface area contributed by atoms with Crippen molar-refractivity contribution in [2.45, 2.75) is 45.2 Å². The maximum absolute atomic E-state index is 12.5. The third-order valence-electron chi connectivity index (χ3n) is 5.44. The Labute approximate surface area is 186 Å². The maximum Gasteiger partial charge on any atom is 0.421 e. The molecule has 0 aromatic heterocycles. The van der Waals surface area contributed by atoms with Crippen molar-refractivity contribution < 1.29 is 36.0 Å². The van der Waals surface area contributed by atoms with E-state index < -0.39 is 45.8 Å². The second-order valence-electron chi connectivity index (χ2n) is 8.57. The van der Waals surface area contributed by atoms with E-state index in [4.69, 9.17) is 18.9 Å². The lowest BCUT2D eigenvalue weighted by molar-refractivity contribution is -0.122. The quantitative estimate of drug-likeness (QED) is 0.503. The van der Waals surface area contributed by atoms with Crippen molar-refractivity contribution >= 4 is 28.3 Å². The zero-order chi connectivity index (χ0) is 23.5. The molecule has 0 radical (unpaired) electrons. The molecule has 0 aliphatic carbocycles. The first-order valence-corrected chi connectivity index (χ1v) is 11.5. The van der Waals surface area contributed by atoms with E-state index in [-0.39, 0.29) is 19.8 Å². The molecule has 2 bridgehead atoms.